The van der Waals surface area contributed by atoms with E-state index in [2.05, 4.69) is 71.6 Å². The predicted octanol–water partition coefficient (Wildman–Crippen LogP) is 2.06. The van der Waals surface area contributed by atoms with Gasteiger partial charge in [-0.2, -0.15) is 19.6 Å². The van der Waals surface area contributed by atoms with Crippen LogP contribution in [0, 0.1) is 0 Å². The van der Waals surface area contributed by atoms with Gasteiger partial charge < -0.3 is 0 Å². The highest BCUT2D eigenvalue weighted by molar-refractivity contribution is 7.14. The van der Waals surface area contributed by atoms with Gasteiger partial charge in [-0.3, -0.25) is 0 Å². The lowest BCUT2D eigenvalue weighted by atomic mass is 10.1. The molecule has 114 valence electrons. The highest BCUT2D eigenvalue weighted by Gasteiger charge is 2.16. The molecule has 0 saturated heterocycles. The number of imidazole rings is 1. The minimum absolute atomic E-state index is 0.513. The average molecular weight is 324 g/mol. The van der Waals surface area contributed by atoms with Crippen LogP contribution in [0.3, 0.4) is 0 Å². The van der Waals surface area contributed by atoms with E-state index in [-0.39, 0.29) is 0 Å². The first-order valence-electron chi connectivity index (χ1n) is 7.00. The Morgan fingerprint density at radius 2 is 2.22 bits per heavy atom. The minimum Gasteiger partial charge on any atom is -0.246 e. The number of thiazole rings is 1. The summed E-state index contributed by atoms with van der Waals surface area (Å²) in [4.78, 5) is 5.14. The summed E-state index contributed by atoms with van der Waals surface area (Å²) < 4.78 is 4.33. The molecular formula is C15H14N7S+. The predicted molar refractivity (Wildman–Crippen MR) is 89.5 cm³/mol. The molecule has 2 N–H and O–H groups in total. The van der Waals surface area contributed by atoms with E-state index in [0.717, 1.165) is 5.56 Å². The van der Waals surface area contributed by atoms with Crippen molar-refractivity contribution in [1.29, 1.82) is 0 Å². The van der Waals surface area contributed by atoms with Gasteiger partial charge in [-0.05, 0) is 17.7 Å². The van der Waals surface area contributed by atoms with Crippen LogP contribution in [0.4, 0.5) is 5.95 Å². The first-order valence-corrected chi connectivity index (χ1v) is 7.88. The first-order chi connectivity index (χ1) is 11.3. The number of aromatic nitrogens is 5. The second-order valence-corrected chi connectivity index (χ2v) is 5.87. The number of anilines is 1. The molecule has 1 aromatic carbocycles. The largest absolute Gasteiger partial charge is 0.345 e. The molecule has 0 aliphatic heterocycles. The molecule has 4 rings (SSSR count). The highest BCUT2D eigenvalue weighted by atomic mass is 32.1. The van der Waals surface area contributed by atoms with E-state index in [0.29, 0.717) is 5.95 Å². The molecule has 0 unspecified atom stereocenters. The Balaban J connectivity index is 1.54. The molecule has 23 heavy (non-hydrogen) atoms. The lowest BCUT2D eigenvalue weighted by molar-refractivity contribution is -0.505. The normalized spacial score (nSPS) is 11.5. The van der Waals surface area contributed by atoms with E-state index in [1.165, 1.54) is 22.5 Å². The molecule has 3 heterocycles. The Bertz CT molecular complexity index is 948. The molecule has 0 atom stereocenters. The zero-order valence-electron chi connectivity index (χ0n) is 12.3. The van der Waals surface area contributed by atoms with Crippen molar-refractivity contribution in [3.8, 4) is 11.3 Å². The lowest BCUT2D eigenvalue weighted by Crippen LogP contribution is -2.12. The van der Waals surface area contributed by atoms with Gasteiger partial charge in [0.15, 0.2) is 5.69 Å². The molecule has 0 aliphatic rings. The fraction of sp³-hybridized carbons (Fsp3) is 0.0667. The number of H-pyrrole nitrogens is 1. The topological polar surface area (TPSA) is 75.0 Å². The lowest BCUT2D eigenvalue weighted by Gasteiger charge is -1.98. The van der Waals surface area contributed by atoms with E-state index in [1.807, 2.05) is 12.1 Å². The molecule has 4 aromatic rings. The Kier molecular flexibility index (Phi) is 3.35. The fourth-order valence-corrected chi connectivity index (χ4v) is 3.19. The molecular weight excluding hydrogens is 310 g/mol. The van der Waals surface area contributed by atoms with Crippen LogP contribution in [-0.4, -0.2) is 26.0 Å². The number of aryl methyl sites for hydroxylation is 1. The van der Waals surface area contributed by atoms with Crippen molar-refractivity contribution in [3.63, 3.8) is 0 Å². The molecule has 8 heteroatoms. The third-order valence-corrected chi connectivity index (χ3v) is 4.48. The molecule has 0 bridgehead atoms. The third kappa shape index (κ3) is 2.59. The van der Waals surface area contributed by atoms with E-state index >= 15 is 0 Å². The maximum absolute atomic E-state index is 4.11. The minimum atomic E-state index is 0.513. The molecule has 0 saturated carbocycles. The van der Waals surface area contributed by atoms with Crippen molar-refractivity contribution >= 4 is 28.5 Å². The van der Waals surface area contributed by atoms with E-state index in [9.17, 15) is 0 Å². The van der Waals surface area contributed by atoms with Crippen molar-refractivity contribution in [3.05, 3.63) is 53.9 Å². The zero-order valence-corrected chi connectivity index (χ0v) is 13.2. The maximum Gasteiger partial charge on any atom is 0.345 e. The number of nitrogens with zero attached hydrogens (tertiary/aromatic N) is 5. The van der Waals surface area contributed by atoms with Crippen LogP contribution in [0.25, 0.3) is 16.2 Å². The smallest absolute Gasteiger partial charge is 0.246 e. The van der Waals surface area contributed by atoms with Crippen LogP contribution in [0.15, 0.2) is 53.5 Å². The molecule has 0 amide bonds. The zero-order chi connectivity index (χ0) is 15.6. The van der Waals surface area contributed by atoms with E-state index in [4.69, 9.17) is 0 Å². The number of hydrogen-bond donors (Lipinski definition) is 2. The summed E-state index contributed by atoms with van der Waals surface area (Å²) >= 11 is 1.72. The van der Waals surface area contributed by atoms with Crippen molar-refractivity contribution < 1.29 is 4.40 Å². The van der Waals surface area contributed by atoms with Gasteiger partial charge in [0, 0.05) is 10.9 Å². The number of nitrogens with one attached hydrogen (secondary N) is 2. The number of hydrogen-bond acceptors (Lipinski definition) is 5. The first kappa shape index (κ1) is 13.6. The Hall–Kier alpha value is -3.00. The summed E-state index contributed by atoms with van der Waals surface area (Å²) in [5.41, 5.74) is 6.13. The van der Waals surface area contributed by atoms with Gasteiger partial charge in [-0.15, -0.1) is 0 Å². The number of aromatic amines is 1. The molecule has 3 aromatic heterocycles. The fourth-order valence-electron chi connectivity index (χ4n) is 2.39. The summed E-state index contributed by atoms with van der Waals surface area (Å²) in [5.74, 6) is 0.513. The van der Waals surface area contributed by atoms with Crippen LogP contribution in [-0.2, 0) is 7.05 Å². The van der Waals surface area contributed by atoms with Crippen LogP contribution >= 0.6 is 11.3 Å². The van der Waals surface area contributed by atoms with Gasteiger partial charge in [0.05, 0.1) is 13.3 Å². The Labute approximate surface area is 135 Å². The van der Waals surface area contributed by atoms with Crippen molar-refractivity contribution in [2.45, 2.75) is 0 Å². The SMILES string of the molecule is Cn1c(-c2ccc(/C=N/Nc3ncn[nH]3)cc2)c[n+]2ccsc12. The average Bonchev–Trinajstić information content (AvgIpc) is 3.28. The second-order valence-electron chi connectivity index (χ2n) is 4.99. The van der Waals surface area contributed by atoms with Crippen molar-refractivity contribution in [1.82, 2.24) is 19.7 Å². The Morgan fingerprint density at radius 1 is 1.35 bits per heavy atom. The molecule has 7 nitrogen and oxygen atoms in total. The summed E-state index contributed by atoms with van der Waals surface area (Å²) in [7, 11) is 2.08. The van der Waals surface area contributed by atoms with Gasteiger partial charge >= 0.3 is 4.96 Å². The summed E-state index contributed by atoms with van der Waals surface area (Å²) in [6.45, 7) is 0. The Morgan fingerprint density at radius 3 is 2.96 bits per heavy atom. The summed E-state index contributed by atoms with van der Waals surface area (Å²) in [5, 5.41) is 12.6. The molecule has 0 spiro atoms. The van der Waals surface area contributed by atoms with E-state index < -0.39 is 0 Å². The maximum atomic E-state index is 4.11. The summed E-state index contributed by atoms with van der Waals surface area (Å²) in [6.07, 6.45) is 7.38. The van der Waals surface area contributed by atoms with Gasteiger partial charge in [0.2, 0.25) is 5.95 Å². The number of fused-ring (bicyclic) bond motifs is 1. The number of benzene rings is 1. The summed E-state index contributed by atoms with van der Waals surface area (Å²) in [6, 6.07) is 8.25. The van der Waals surface area contributed by atoms with Crippen LogP contribution in [0.1, 0.15) is 5.56 Å². The van der Waals surface area contributed by atoms with Gasteiger partial charge in [0.1, 0.15) is 18.7 Å². The van der Waals surface area contributed by atoms with Gasteiger partial charge in [-0.1, -0.05) is 23.5 Å². The van der Waals surface area contributed by atoms with Gasteiger partial charge in [-0.25, -0.2) is 15.1 Å². The molecule has 0 aliphatic carbocycles. The van der Waals surface area contributed by atoms with Crippen molar-refractivity contribution in [2.75, 3.05) is 5.43 Å². The number of hydrazone groups is 1. The highest BCUT2D eigenvalue weighted by Crippen LogP contribution is 2.21. The molecule has 0 fully saturated rings. The van der Waals surface area contributed by atoms with E-state index in [1.54, 1.807) is 17.6 Å². The number of rotatable bonds is 4. The van der Waals surface area contributed by atoms with Crippen LogP contribution in [0.5, 0.6) is 0 Å². The second kappa shape index (κ2) is 5.65. The molecule has 0 radical (unpaired) electrons. The standard InChI is InChI=1S/C15H14N7S/c1-21-13(9-22-6-7-23-15(21)22)12-4-2-11(3-5-12)8-17-19-14-16-10-18-20-14/h2-10H,1H3,(H2,16,18,19,20)/q+1/b17-8+. The monoisotopic (exact) mass is 324 g/mol. The van der Waals surface area contributed by atoms with Crippen LogP contribution in [0.2, 0.25) is 0 Å². The third-order valence-electron chi connectivity index (χ3n) is 3.53. The van der Waals surface area contributed by atoms with Crippen LogP contribution < -0.4 is 9.83 Å². The van der Waals surface area contributed by atoms with Crippen molar-refractivity contribution in [2.24, 2.45) is 12.1 Å². The quantitative estimate of drug-likeness (QED) is 0.343. The van der Waals surface area contributed by atoms with Gasteiger partial charge in [0.25, 0.3) is 0 Å².